The Labute approximate surface area is 150 Å². The van der Waals surface area contributed by atoms with Crippen LogP contribution in [0.25, 0.3) is 0 Å². The van der Waals surface area contributed by atoms with Gasteiger partial charge in [-0.05, 0) is 25.0 Å². The van der Waals surface area contributed by atoms with Crippen LogP contribution >= 0.6 is 0 Å². The standard InChI is InChI=1S/C18H18N4O4/c1-3-14(15-7-5-4-6-8-15)11-13(2)19-20-17-10-9-16(21(23)24)12-18(17)22(25)26/h3-10,12,14,20H,1,11H2,2H3/b19-13+/t14-/m1/s1. The Bertz CT molecular complexity index is 850. The highest BCUT2D eigenvalue weighted by atomic mass is 16.6. The van der Waals surface area contributed by atoms with Crippen LogP contribution in [0.5, 0.6) is 0 Å². The van der Waals surface area contributed by atoms with Crippen LogP contribution in [0.15, 0.2) is 66.3 Å². The first-order valence-electron chi connectivity index (χ1n) is 7.82. The zero-order valence-electron chi connectivity index (χ0n) is 14.2. The molecule has 26 heavy (non-hydrogen) atoms. The maximum absolute atomic E-state index is 11.1. The average Bonchev–Trinajstić information content (AvgIpc) is 2.64. The second kappa shape index (κ2) is 8.52. The first-order chi connectivity index (χ1) is 12.4. The monoisotopic (exact) mass is 354 g/mol. The molecule has 0 fully saturated rings. The summed E-state index contributed by atoms with van der Waals surface area (Å²) in [6, 6.07) is 13.2. The van der Waals surface area contributed by atoms with E-state index in [0.29, 0.717) is 12.1 Å². The number of hydrogen-bond acceptors (Lipinski definition) is 6. The van der Waals surface area contributed by atoms with Gasteiger partial charge in [0.2, 0.25) is 0 Å². The average molecular weight is 354 g/mol. The van der Waals surface area contributed by atoms with Gasteiger partial charge in [0.05, 0.1) is 15.9 Å². The minimum Gasteiger partial charge on any atom is -0.272 e. The molecule has 0 radical (unpaired) electrons. The van der Waals surface area contributed by atoms with E-state index in [1.807, 2.05) is 36.4 Å². The molecule has 2 aromatic carbocycles. The maximum atomic E-state index is 11.1. The number of benzene rings is 2. The molecular formula is C18H18N4O4. The zero-order valence-corrected chi connectivity index (χ0v) is 14.2. The zero-order chi connectivity index (χ0) is 19.1. The van der Waals surface area contributed by atoms with Gasteiger partial charge in [0, 0.05) is 17.7 Å². The van der Waals surface area contributed by atoms with Gasteiger partial charge in [-0.2, -0.15) is 5.10 Å². The van der Waals surface area contributed by atoms with E-state index in [9.17, 15) is 20.2 Å². The molecule has 0 bridgehead atoms. The third kappa shape index (κ3) is 4.73. The van der Waals surface area contributed by atoms with Crippen molar-refractivity contribution < 1.29 is 9.85 Å². The van der Waals surface area contributed by atoms with Crippen molar-refractivity contribution in [2.45, 2.75) is 19.3 Å². The van der Waals surface area contributed by atoms with Gasteiger partial charge in [0.1, 0.15) is 5.69 Å². The van der Waals surface area contributed by atoms with Gasteiger partial charge in [-0.3, -0.25) is 25.7 Å². The van der Waals surface area contributed by atoms with Gasteiger partial charge >= 0.3 is 5.69 Å². The van der Waals surface area contributed by atoms with Crippen LogP contribution in [0.2, 0.25) is 0 Å². The molecule has 134 valence electrons. The van der Waals surface area contributed by atoms with Crippen molar-refractivity contribution in [2.75, 3.05) is 5.43 Å². The van der Waals surface area contributed by atoms with Crippen molar-refractivity contribution >= 4 is 22.8 Å². The van der Waals surface area contributed by atoms with Crippen molar-refractivity contribution in [1.29, 1.82) is 0 Å². The number of anilines is 1. The number of allylic oxidation sites excluding steroid dienone is 1. The fourth-order valence-corrected chi connectivity index (χ4v) is 2.44. The van der Waals surface area contributed by atoms with Crippen molar-refractivity contribution in [2.24, 2.45) is 5.10 Å². The highest BCUT2D eigenvalue weighted by Crippen LogP contribution is 2.29. The number of hydrazone groups is 1. The number of nitro groups is 2. The summed E-state index contributed by atoms with van der Waals surface area (Å²) in [5.41, 5.74) is 3.78. The Hall–Kier alpha value is -3.55. The first-order valence-corrected chi connectivity index (χ1v) is 7.82. The van der Waals surface area contributed by atoms with E-state index in [4.69, 9.17) is 0 Å². The van der Waals surface area contributed by atoms with Crippen LogP contribution < -0.4 is 5.43 Å². The number of nitrogens with one attached hydrogen (secondary N) is 1. The topological polar surface area (TPSA) is 111 Å². The fraction of sp³-hybridized carbons (Fsp3) is 0.167. The van der Waals surface area contributed by atoms with E-state index in [2.05, 4.69) is 17.1 Å². The van der Waals surface area contributed by atoms with Crippen molar-refractivity contribution in [3.05, 3.63) is 87.0 Å². The number of nitrogens with zero attached hydrogens (tertiary/aromatic N) is 3. The Kier molecular flexibility index (Phi) is 6.15. The summed E-state index contributed by atoms with van der Waals surface area (Å²) < 4.78 is 0. The van der Waals surface area contributed by atoms with E-state index in [0.717, 1.165) is 11.6 Å². The summed E-state index contributed by atoms with van der Waals surface area (Å²) in [5.74, 6) is 0.0635. The predicted octanol–water partition coefficient (Wildman–Crippen LogP) is 4.65. The molecule has 0 unspecified atom stereocenters. The maximum Gasteiger partial charge on any atom is 0.301 e. The summed E-state index contributed by atoms with van der Waals surface area (Å²) in [5, 5.41) is 26.1. The minimum absolute atomic E-state index is 0.0635. The summed E-state index contributed by atoms with van der Waals surface area (Å²) in [4.78, 5) is 20.5. The molecule has 2 rings (SSSR count). The second-order valence-corrected chi connectivity index (χ2v) is 5.63. The van der Waals surface area contributed by atoms with E-state index in [1.54, 1.807) is 6.92 Å². The van der Waals surface area contributed by atoms with Crippen molar-refractivity contribution in [3.63, 3.8) is 0 Å². The molecule has 0 saturated carbocycles. The van der Waals surface area contributed by atoms with Crippen LogP contribution in [-0.4, -0.2) is 15.6 Å². The summed E-state index contributed by atoms with van der Waals surface area (Å²) in [7, 11) is 0. The van der Waals surface area contributed by atoms with Gasteiger partial charge in [0.15, 0.2) is 0 Å². The van der Waals surface area contributed by atoms with E-state index >= 15 is 0 Å². The third-order valence-corrected chi connectivity index (χ3v) is 3.78. The third-order valence-electron chi connectivity index (χ3n) is 3.78. The van der Waals surface area contributed by atoms with Crippen LogP contribution in [0.4, 0.5) is 17.1 Å². The fourth-order valence-electron chi connectivity index (χ4n) is 2.44. The number of nitro benzene ring substituents is 2. The van der Waals surface area contributed by atoms with Crippen molar-refractivity contribution in [1.82, 2.24) is 0 Å². The smallest absolute Gasteiger partial charge is 0.272 e. The Morgan fingerprint density at radius 2 is 1.88 bits per heavy atom. The SMILES string of the molecule is C=C[C@H](C/C(C)=N/Nc1ccc([N+](=O)[O-])cc1[N+](=O)[O-])c1ccccc1. The molecule has 8 heteroatoms. The van der Waals surface area contributed by atoms with Gasteiger partial charge in [-0.15, -0.1) is 6.58 Å². The number of non-ortho nitro benzene ring substituents is 1. The molecule has 0 aliphatic rings. The van der Waals surface area contributed by atoms with Crippen molar-refractivity contribution in [3.8, 4) is 0 Å². The molecular weight excluding hydrogens is 336 g/mol. The Morgan fingerprint density at radius 1 is 1.19 bits per heavy atom. The molecule has 1 N–H and O–H groups in total. The lowest BCUT2D eigenvalue weighted by Crippen LogP contribution is -2.05. The lowest BCUT2D eigenvalue weighted by molar-refractivity contribution is -0.393. The van der Waals surface area contributed by atoms with Crippen LogP contribution in [0.1, 0.15) is 24.8 Å². The largest absolute Gasteiger partial charge is 0.301 e. The Balaban J connectivity index is 2.16. The molecule has 0 aliphatic heterocycles. The van der Waals surface area contributed by atoms with Gasteiger partial charge in [0.25, 0.3) is 5.69 Å². The van der Waals surface area contributed by atoms with E-state index in [-0.39, 0.29) is 17.3 Å². The van der Waals surface area contributed by atoms with Crippen LogP contribution in [-0.2, 0) is 0 Å². The quantitative estimate of drug-likeness (QED) is 0.321. The first kappa shape index (κ1) is 18.8. The lowest BCUT2D eigenvalue weighted by Gasteiger charge is -2.12. The highest BCUT2D eigenvalue weighted by molar-refractivity contribution is 5.84. The molecule has 1 atom stereocenters. The molecule has 0 heterocycles. The van der Waals surface area contributed by atoms with Gasteiger partial charge < -0.3 is 0 Å². The van der Waals surface area contributed by atoms with E-state index < -0.39 is 15.5 Å². The van der Waals surface area contributed by atoms with Gasteiger partial charge in [-0.25, -0.2) is 0 Å². The van der Waals surface area contributed by atoms with Crippen LogP contribution in [0, 0.1) is 20.2 Å². The normalized spacial score (nSPS) is 12.3. The predicted molar refractivity (Wildman–Crippen MR) is 100 cm³/mol. The summed E-state index contributed by atoms with van der Waals surface area (Å²) in [6.07, 6.45) is 2.41. The Morgan fingerprint density at radius 3 is 2.46 bits per heavy atom. The molecule has 8 nitrogen and oxygen atoms in total. The lowest BCUT2D eigenvalue weighted by atomic mass is 9.94. The summed E-state index contributed by atoms with van der Waals surface area (Å²) >= 11 is 0. The molecule has 0 spiro atoms. The molecule has 2 aromatic rings. The summed E-state index contributed by atoms with van der Waals surface area (Å²) in [6.45, 7) is 5.64. The van der Waals surface area contributed by atoms with E-state index in [1.165, 1.54) is 12.1 Å². The molecule has 0 aliphatic carbocycles. The molecule has 0 saturated heterocycles. The van der Waals surface area contributed by atoms with Gasteiger partial charge in [-0.1, -0.05) is 36.4 Å². The van der Waals surface area contributed by atoms with Crippen LogP contribution in [0.3, 0.4) is 0 Å². The minimum atomic E-state index is -0.684. The molecule has 0 aromatic heterocycles. The second-order valence-electron chi connectivity index (χ2n) is 5.63. The highest BCUT2D eigenvalue weighted by Gasteiger charge is 2.19. The number of hydrogen-bond donors (Lipinski definition) is 1. The number of rotatable bonds is 8. The molecule has 0 amide bonds.